The first-order valence-corrected chi connectivity index (χ1v) is 4.59. The van der Waals surface area contributed by atoms with Crippen LogP contribution in [0.25, 0.3) is 0 Å². The molecule has 1 heterocycles. The van der Waals surface area contributed by atoms with Crippen LogP contribution in [0.2, 0.25) is 0 Å². The Bertz CT molecular complexity index is 402. The van der Waals surface area contributed by atoms with Crippen molar-refractivity contribution in [1.82, 2.24) is 4.98 Å². The summed E-state index contributed by atoms with van der Waals surface area (Å²) in [5, 5.41) is 2.09. The highest BCUT2D eigenvalue weighted by molar-refractivity contribution is 5.84. The van der Waals surface area contributed by atoms with Crippen LogP contribution in [-0.4, -0.2) is 16.7 Å². The number of amides is 1. The number of anilines is 1. The summed E-state index contributed by atoms with van der Waals surface area (Å²) in [4.78, 5) is 14.3. The lowest BCUT2D eigenvalue weighted by atomic mass is 10.2. The Hall–Kier alpha value is -1.72. The van der Waals surface area contributed by atoms with Crippen LogP contribution < -0.4 is 5.32 Å². The molecule has 1 N–H and O–H groups in total. The Kier molecular flexibility index (Phi) is 3.41. The minimum absolute atomic E-state index is 0.304. The normalized spacial score (nSPS) is 11.1. The second-order valence-electron chi connectivity index (χ2n) is 4.09. The van der Waals surface area contributed by atoms with Gasteiger partial charge in [-0.3, -0.25) is 5.32 Å². The van der Waals surface area contributed by atoms with Gasteiger partial charge in [-0.15, -0.1) is 0 Å². The molecule has 1 aromatic heterocycles. The Labute approximate surface area is 91.6 Å². The summed E-state index contributed by atoms with van der Waals surface area (Å²) in [6.45, 7) is 4.99. The van der Waals surface area contributed by atoms with Crippen LogP contribution in [0.15, 0.2) is 12.3 Å². The highest BCUT2D eigenvalue weighted by Gasteiger charge is 2.18. The summed E-state index contributed by atoms with van der Waals surface area (Å²) in [6.07, 6.45) is 0.197. The Balaban J connectivity index is 2.74. The maximum Gasteiger partial charge on any atom is 0.412 e. The molecular weight excluding hydrogens is 218 g/mol. The number of nitrogens with zero attached hydrogens (tertiary/aromatic N) is 1. The number of rotatable bonds is 1. The van der Waals surface area contributed by atoms with Gasteiger partial charge in [0.2, 0.25) is 5.82 Å². The third kappa shape index (κ3) is 3.45. The average molecular weight is 230 g/mol. The fourth-order valence-corrected chi connectivity index (χ4v) is 0.928. The van der Waals surface area contributed by atoms with Crippen molar-refractivity contribution in [2.75, 3.05) is 5.32 Å². The quantitative estimate of drug-likeness (QED) is 0.754. The fraction of sp³-hybridized carbons (Fsp3) is 0.400. The lowest BCUT2D eigenvalue weighted by Crippen LogP contribution is -2.27. The van der Waals surface area contributed by atoms with Crippen LogP contribution in [0.3, 0.4) is 0 Å². The van der Waals surface area contributed by atoms with Gasteiger partial charge in [0.1, 0.15) is 5.60 Å². The third-order valence-electron chi connectivity index (χ3n) is 1.48. The standard InChI is InChI=1S/C10H12F2N2O2/c1-10(2,3)16-9(15)14-6-4-5-13-8(12)7(6)11/h4-5H,1-3H3,(H,13,14,15). The van der Waals surface area contributed by atoms with Gasteiger partial charge in [0.25, 0.3) is 5.95 Å². The summed E-state index contributed by atoms with van der Waals surface area (Å²) in [5.41, 5.74) is -1.01. The van der Waals surface area contributed by atoms with Gasteiger partial charge < -0.3 is 4.74 Å². The van der Waals surface area contributed by atoms with Crippen LogP contribution in [0.4, 0.5) is 19.3 Å². The molecule has 0 aliphatic heterocycles. The average Bonchev–Trinajstić information content (AvgIpc) is 2.09. The fourth-order valence-electron chi connectivity index (χ4n) is 0.928. The molecule has 1 amide bonds. The van der Waals surface area contributed by atoms with Crippen molar-refractivity contribution >= 4 is 11.8 Å². The molecule has 0 atom stereocenters. The van der Waals surface area contributed by atoms with Crippen LogP contribution in [0.1, 0.15) is 20.8 Å². The molecule has 0 saturated heterocycles. The molecule has 0 spiro atoms. The highest BCUT2D eigenvalue weighted by atomic mass is 19.2. The number of carbonyl (C=O) groups excluding carboxylic acids is 1. The van der Waals surface area contributed by atoms with Crippen molar-refractivity contribution in [2.45, 2.75) is 26.4 Å². The molecule has 0 aliphatic rings. The summed E-state index contributed by atoms with van der Waals surface area (Å²) < 4.78 is 30.7. The van der Waals surface area contributed by atoms with Crippen LogP contribution in [0, 0.1) is 11.8 Å². The number of nitrogens with one attached hydrogen (secondary N) is 1. The number of ether oxygens (including phenoxy) is 1. The van der Waals surface area contributed by atoms with E-state index in [9.17, 15) is 13.6 Å². The predicted octanol–water partition coefficient (Wildman–Crippen LogP) is 2.71. The van der Waals surface area contributed by atoms with Gasteiger partial charge in [-0.25, -0.2) is 9.78 Å². The second-order valence-corrected chi connectivity index (χ2v) is 4.09. The molecule has 0 unspecified atom stereocenters. The van der Waals surface area contributed by atoms with Crippen molar-refractivity contribution < 1.29 is 18.3 Å². The van der Waals surface area contributed by atoms with E-state index >= 15 is 0 Å². The molecule has 6 heteroatoms. The predicted molar refractivity (Wildman–Crippen MR) is 54.0 cm³/mol. The molecule has 0 aromatic carbocycles. The molecule has 88 valence electrons. The SMILES string of the molecule is CC(C)(C)OC(=O)Nc1ccnc(F)c1F. The summed E-state index contributed by atoms with van der Waals surface area (Å²) in [7, 11) is 0. The summed E-state index contributed by atoms with van der Waals surface area (Å²) in [5.74, 6) is -2.48. The number of halogens is 2. The number of hydrogen-bond donors (Lipinski definition) is 1. The zero-order valence-electron chi connectivity index (χ0n) is 9.17. The van der Waals surface area contributed by atoms with Gasteiger partial charge in [0.05, 0.1) is 5.69 Å². The minimum Gasteiger partial charge on any atom is -0.444 e. The monoisotopic (exact) mass is 230 g/mol. The minimum atomic E-state index is -1.27. The molecule has 16 heavy (non-hydrogen) atoms. The van der Waals surface area contributed by atoms with E-state index in [2.05, 4.69) is 10.3 Å². The number of carbonyl (C=O) groups is 1. The zero-order valence-corrected chi connectivity index (χ0v) is 9.17. The van der Waals surface area contributed by atoms with Crippen molar-refractivity contribution in [3.8, 4) is 0 Å². The Morgan fingerprint density at radius 3 is 2.62 bits per heavy atom. The number of pyridine rings is 1. The van der Waals surface area contributed by atoms with E-state index in [1.807, 2.05) is 0 Å². The van der Waals surface area contributed by atoms with E-state index in [0.717, 1.165) is 12.3 Å². The molecule has 1 rings (SSSR count). The largest absolute Gasteiger partial charge is 0.444 e. The van der Waals surface area contributed by atoms with Gasteiger partial charge in [0.15, 0.2) is 0 Å². The summed E-state index contributed by atoms with van der Waals surface area (Å²) >= 11 is 0. The molecule has 0 saturated carbocycles. The maximum absolute atomic E-state index is 13.1. The molecule has 0 bridgehead atoms. The molecular formula is C10H12F2N2O2. The first-order valence-electron chi connectivity index (χ1n) is 4.59. The molecule has 0 aliphatic carbocycles. The van der Waals surface area contributed by atoms with Crippen molar-refractivity contribution in [1.29, 1.82) is 0 Å². The lowest BCUT2D eigenvalue weighted by Gasteiger charge is -2.19. The van der Waals surface area contributed by atoms with E-state index < -0.39 is 23.5 Å². The van der Waals surface area contributed by atoms with Crippen molar-refractivity contribution in [3.63, 3.8) is 0 Å². The smallest absolute Gasteiger partial charge is 0.412 e. The Morgan fingerprint density at radius 1 is 1.44 bits per heavy atom. The van der Waals surface area contributed by atoms with E-state index in [0.29, 0.717) is 0 Å². The van der Waals surface area contributed by atoms with E-state index in [1.54, 1.807) is 20.8 Å². The molecule has 4 nitrogen and oxygen atoms in total. The van der Waals surface area contributed by atoms with Crippen molar-refractivity contribution in [2.24, 2.45) is 0 Å². The first-order chi connectivity index (χ1) is 7.29. The second kappa shape index (κ2) is 4.42. The van der Waals surface area contributed by atoms with Crippen LogP contribution in [-0.2, 0) is 4.74 Å². The van der Waals surface area contributed by atoms with E-state index in [4.69, 9.17) is 4.74 Å². The maximum atomic E-state index is 13.1. The van der Waals surface area contributed by atoms with Crippen LogP contribution >= 0.6 is 0 Å². The third-order valence-corrected chi connectivity index (χ3v) is 1.48. The highest BCUT2D eigenvalue weighted by Crippen LogP contribution is 2.16. The molecule has 1 aromatic rings. The van der Waals surface area contributed by atoms with Gasteiger partial charge in [-0.2, -0.15) is 8.78 Å². The van der Waals surface area contributed by atoms with Gasteiger partial charge in [-0.05, 0) is 26.8 Å². The van der Waals surface area contributed by atoms with E-state index in [1.165, 1.54) is 0 Å². The topological polar surface area (TPSA) is 51.2 Å². The van der Waals surface area contributed by atoms with Gasteiger partial charge in [-0.1, -0.05) is 0 Å². The number of aromatic nitrogens is 1. The zero-order chi connectivity index (χ0) is 12.3. The van der Waals surface area contributed by atoms with Crippen molar-refractivity contribution in [3.05, 3.63) is 24.0 Å². The van der Waals surface area contributed by atoms with Gasteiger partial charge in [0, 0.05) is 6.20 Å². The number of hydrogen-bond acceptors (Lipinski definition) is 3. The lowest BCUT2D eigenvalue weighted by molar-refractivity contribution is 0.0635. The van der Waals surface area contributed by atoms with Gasteiger partial charge >= 0.3 is 6.09 Å². The first kappa shape index (κ1) is 12.4. The van der Waals surface area contributed by atoms with E-state index in [-0.39, 0.29) is 5.69 Å². The van der Waals surface area contributed by atoms with Crippen LogP contribution in [0.5, 0.6) is 0 Å². The Morgan fingerprint density at radius 2 is 2.06 bits per heavy atom. The molecule has 0 radical (unpaired) electrons. The summed E-state index contributed by atoms with van der Waals surface area (Å²) in [6, 6.07) is 1.14. The molecule has 0 fully saturated rings.